The summed E-state index contributed by atoms with van der Waals surface area (Å²) in [6.45, 7) is 1.32. The highest BCUT2D eigenvalue weighted by Gasteiger charge is 2.12. The Morgan fingerprint density at radius 3 is 2.25 bits per heavy atom. The summed E-state index contributed by atoms with van der Waals surface area (Å²) in [6.07, 6.45) is 0.702. The van der Waals surface area contributed by atoms with Crippen molar-refractivity contribution in [2.45, 2.75) is 13.0 Å². The predicted octanol–water partition coefficient (Wildman–Crippen LogP) is 1.80. The van der Waals surface area contributed by atoms with Gasteiger partial charge in [-0.05, 0) is 36.2 Å². The van der Waals surface area contributed by atoms with Crippen molar-refractivity contribution in [1.82, 2.24) is 15.6 Å². The van der Waals surface area contributed by atoms with Gasteiger partial charge in [0.15, 0.2) is 11.5 Å². The van der Waals surface area contributed by atoms with E-state index in [-0.39, 0.29) is 29.7 Å². The van der Waals surface area contributed by atoms with E-state index in [9.17, 15) is 9.59 Å². The summed E-state index contributed by atoms with van der Waals surface area (Å²) >= 11 is 0. The Kier molecular flexibility index (Phi) is 8.23. The number of hydrogen-bond acceptors (Lipinski definition) is 6. The van der Waals surface area contributed by atoms with Crippen LogP contribution < -0.4 is 20.1 Å². The van der Waals surface area contributed by atoms with Gasteiger partial charge in [-0.15, -0.1) is 0 Å². The molecule has 1 heterocycles. The van der Waals surface area contributed by atoms with E-state index in [2.05, 4.69) is 15.6 Å². The molecule has 2 N–H and O–H groups in total. The topological polar surface area (TPSA) is 98.8 Å². The molecule has 2 aromatic rings. The molecular weight excluding hydrogens is 362 g/mol. The van der Waals surface area contributed by atoms with E-state index in [0.29, 0.717) is 31.1 Å². The van der Waals surface area contributed by atoms with E-state index < -0.39 is 0 Å². The molecular formula is C20H25N3O5. The molecule has 28 heavy (non-hydrogen) atoms. The first-order chi connectivity index (χ1) is 13.6. The second-order valence-corrected chi connectivity index (χ2v) is 5.88. The molecule has 0 fully saturated rings. The van der Waals surface area contributed by atoms with Crippen LogP contribution in [0.3, 0.4) is 0 Å². The largest absolute Gasteiger partial charge is 0.493 e. The maximum atomic E-state index is 12.4. The maximum absolute atomic E-state index is 12.4. The lowest BCUT2D eigenvalue weighted by Crippen LogP contribution is -2.28. The van der Waals surface area contributed by atoms with Crippen molar-refractivity contribution in [3.05, 3.63) is 53.3 Å². The number of aromatic nitrogens is 1. The van der Waals surface area contributed by atoms with Gasteiger partial charge < -0.3 is 24.8 Å². The van der Waals surface area contributed by atoms with E-state index in [1.54, 1.807) is 51.7 Å². The Labute approximate surface area is 164 Å². The summed E-state index contributed by atoms with van der Waals surface area (Å²) in [6, 6.07) is 10.1. The van der Waals surface area contributed by atoms with E-state index in [4.69, 9.17) is 14.2 Å². The Balaban J connectivity index is 1.96. The number of ether oxygens (including phenoxy) is 3. The highest BCUT2D eigenvalue weighted by atomic mass is 16.5. The number of benzene rings is 1. The number of hydrogen-bond donors (Lipinski definition) is 2. The van der Waals surface area contributed by atoms with Crippen LogP contribution in [0.4, 0.5) is 0 Å². The third-order valence-corrected chi connectivity index (χ3v) is 3.93. The maximum Gasteiger partial charge on any atom is 0.270 e. The van der Waals surface area contributed by atoms with Crippen LogP contribution in [-0.4, -0.2) is 51.3 Å². The molecule has 1 aromatic heterocycles. The molecule has 8 heteroatoms. The number of nitrogens with one attached hydrogen (secondary N) is 2. The van der Waals surface area contributed by atoms with Crippen molar-refractivity contribution in [1.29, 1.82) is 0 Å². The van der Waals surface area contributed by atoms with Crippen LogP contribution in [0.5, 0.6) is 11.5 Å². The smallest absolute Gasteiger partial charge is 0.270 e. The number of amides is 2. The first kappa shape index (κ1) is 21.2. The second kappa shape index (κ2) is 10.9. The molecule has 0 aliphatic rings. The van der Waals surface area contributed by atoms with E-state index >= 15 is 0 Å². The summed E-state index contributed by atoms with van der Waals surface area (Å²) in [4.78, 5) is 28.7. The highest BCUT2D eigenvalue weighted by Crippen LogP contribution is 2.27. The normalized spacial score (nSPS) is 10.2. The standard InChI is InChI=1S/C20H25N3O5/c1-26-11-5-10-21-19(24)15-6-4-7-16(23-15)20(25)22-13-14-8-9-17(27-2)18(12-14)28-3/h4,6-9,12H,5,10-11,13H2,1-3H3,(H,21,24)(H,22,25). The lowest BCUT2D eigenvalue weighted by Gasteiger charge is -2.10. The minimum Gasteiger partial charge on any atom is -0.493 e. The van der Waals surface area contributed by atoms with Gasteiger partial charge in [0.05, 0.1) is 14.2 Å². The van der Waals surface area contributed by atoms with Gasteiger partial charge in [0.25, 0.3) is 11.8 Å². The van der Waals surface area contributed by atoms with E-state index in [0.717, 1.165) is 5.56 Å². The Morgan fingerprint density at radius 1 is 0.929 bits per heavy atom. The molecule has 2 amide bonds. The quantitative estimate of drug-likeness (QED) is 0.603. The van der Waals surface area contributed by atoms with Crippen molar-refractivity contribution in [2.75, 3.05) is 34.5 Å². The molecule has 8 nitrogen and oxygen atoms in total. The van der Waals surface area contributed by atoms with Crippen molar-refractivity contribution >= 4 is 11.8 Å². The van der Waals surface area contributed by atoms with E-state index in [1.807, 2.05) is 6.07 Å². The van der Waals surface area contributed by atoms with Gasteiger partial charge in [0.1, 0.15) is 11.4 Å². The van der Waals surface area contributed by atoms with Crippen LogP contribution in [-0.2, 0) is 11.3 Å². The average Bonchev–Trinajstić information content (AvgIpc) is 2.74. The lowest BCUT2D eigenvalue weighted by atomic mass is 10.2. The van der Waals surface area contributed by atoms with Crippen molar-refractivity contribution in [3.8, 4) is 11.5 Å². The van der Waals surface area contributed by atoms with Crippen molar-refractivity contribution < 1.29 is 23.8 Å². The fourth-order valence-electron chi connectivity index (χ4n) is 2.46. The molecule has 0 atom stereocenters. The number of pyridine rings is 1. The third-order valence-electron chi connectivity index (χ3n) is 3.93. The number of methoxy groups -OCH3 is 3. The first-order valence-corrected chi connectivity index (χ1v) is 8.82. The van der Waals surface area contributed by atoms with Crippen molar-refractivity contribution in [2.24, 2.45) is 0 Å². The molecule has 150 valence electrons. The molecule has 0 bridgehead atoms. The first-order valence-electron chi connectivity index (χ1n) is 8.82. The van der Waals surface area contributed by atoms with Gasteiger partial charge in [-0.1, -0.05) is 12.1 Å². The molecule has 2 rings (SSSR count). The summed E-state index contributed by atoms with van der Waals surface area (Å²) in [7, 11) is 4.72. The van der Waals surface area contributed by atoms with Crippen LogP contribution in [0, 0.1) is 0 Å². The van der Waals surface area contributed by atoms with Gasteiger partial charge in [-0.2, -0.15) is 0 Å². The van der Waals surface area contributed by atoms with Crippen LogP contribution in [0.2, 0.25) is 0 Å². The van der Waals surface area contributed by atoms with Gasteiger partial charge in [-0.25, -0.2) is 4.98 Å². The minimum absolute atomic E-state index is 0.171. The highest BCUT2D eigenvalue weighted by molar-refractivity contribution is 5.96. The fraction of sp³-hybridized carbons (Fsp3) is 0.350. The van der Waals surface area contributed by atoms with Crippen LogP contribution in [0.25, 0.3) is 0 Å². The predicted molar refractivity (Wildman–Crippen MR) is 104 cm³/mol. The molecule has 0 radical (unpaired) electrons. The van der Waals surface area contributed by atoms with Crippen LogP contribution in [0.15, 0.2) is 36.4 Å². The summed E-state index contributed by atoms with van der Waals surface area (Å²) in [5, 5.41) is 5.53. The zero-order valence-electron chi connectivity index (χ0n) is 16.3. The molecule has 0 unspecified atom stereocenters. The number of rotatable bonds is 10. The third kappa shape index (κ3) is 5.95. The summed E-state index contributed by atoms with van der Waals surface area (Å²) in [5.41, 5.74) is 1.21. The number of carbonyl (C=O) groups excluding carboxylic acids is 2. The Bertz CT molecular complexity index is 810. The monoisotopic (exact) mass is 387 g/mol. The Morgan fingerprint density at radius 2 is 1.61 bits per heavy atom. The molecule has 0 aliphatic heterocycles. The number of nitrogens with zero attached hydrogens (tertiary/aromatic N) is 1. The molecule has 0 spiro atoms. The molecule has 0 aliphatic carbocycles. The van der Waals surface area contributed by atoms with Gasteiger partial charge in [0, 0.05) is 26.8 Å². The minimum atomic E-state index is -0.371. The lowest BCUT2D eigenvalue weighted by molar-refractivity contribution is 0.0940. The second-order valence-electron chi connectivity index (χ2n) is 5.88. The molecule has 0 saturated heterocycles. The SMILES string of the molecule is COCCCNC(=O)c1cccc(C(=O)NCc2ccc(OC)c(OC)c2)n1. The zero-order valence-corrected chi connectivity index (χ0v) is 16.3. The van der Waals surface area contributed by atoms with Gasteiger partial charge in [0.2, 0.25) is 0 Å². The summed E-state index contributed by atoms with van der Waals surface area (Å²) in [5.74, 6) is 0.498. The molecule has 1 aromatic carbocycles. The van der Waals surface area contributed by atoms with Crippen molar-refractivity contribution in [3.63, 3.8) is 0 Å². The molecule has 0 saturated carbocycles. The van der Waals surface area contributed by atoms with Gasteiger partial charge in [-0.3, -0.25) is 9.59 Å². The fourth-order valence-corrected chi connectivity index (χ4v) is 2.46. The summed E-state index contributed by atoms with van der Waals surface area (Å²) < 4.78 is 15.4. The average molecular weight is 387 g/mol. The number of carbonyl (C=O) groups is 2. The van der Waals surface area contributed by atoms with Crippen LogP contribution >= 0.6 is 0 Å². The van der Waals surface area contributed by atoms with Gasteiger partial charge >= 0.3 is 0 Å². The van der Waals surface area contributed by atoms with Crippen LogP contribution in [0.1, 0.15) is 33.0 Å². The zero-order chi connectivity index (χ0) is 20.4. The Hall–Kier alpha value is -3.13. The van der Waals surface area contributed by atoms with E-state index in [1.165, 1.54) is 0 Å².